The summed E-state index contributed by atoms with van der Waals surface area (Å²) < 4.78 is 2.44. The van der Waals surface area contributed by atoms with Gasteiger partial charge >= 0.3 is 0 Å². The van der Waals surface area contributed by atoms with E-state index in [1.165, 1.54) is 56.3 Å². The lowest BCUT2D eigenvalue weighted by Gasteiger charge is -2.34. The van der Waals surface area contributed by atoms with Crippen molar-refractivity contribution in [2.45, 2.75) is 89.2 Å². The Morgan fingerprint density at radius 1 is 1.06 bits per heavy atom. The number of hydrogen-bond acceptors (Lipinski definition) is 6. The maximum absolute atomic E-state index is 10.1. The van der Waals surface area contributed by atoms with E-state index < -0.39 is 0 Å². The maximum atomic E-state index is 10.1. The highest BCUT2D eigenvalue weighted by atomic mass is 35.5. The first-order valence-electron chi connectivity index (χ1n) is 13.9. The number of halogens is 1. The lowest BCUT2D eigenvalue weighted by atomic mass is 9.78. The van der Waals surface area contributed by atoms with Crippen LogP contribution in [0.5, 0.6) is 0 Å². The zero-order chi connectivity index (χ0) is 23.3. The molecule has 0 spiro atoms. The van der Waals surface area contributed by atoms with Crippen molar-refractivity contribution in [2.24, 2.45) is 5.92 Å². The standard InChI is InChI=1S/C27H44N6O.ClH/c1-2-3-12-29-27-30-17-24-25(19-33(26(24)31-27)22-8-10-23(34)11-9-22)21-6-4-20(5-7-21)18-32-15-13-28-14-16-32;/h17,19-23,28,34H,2-16,18H2,1H3,(H,29,30,31);1H. The van der Waals surface area contributed by atoms with Crippen molar-refractivity contribution >= 4 is 29.4 Å². The second kappa shape index (κ2) is 12.7. The molecule has 3 aliphatic rings. The Kier molecular flexibility index (Phi) is 9.67. The highest BCUT2D eigenvalue weighted by Gasteiger charge is 2.29. The molecule has 3 fully saturated rings. The van der Waals surface area contributed by atoms with E-state index in [-0.39, 0.29) is 18.5 Å². The van der Waals surface area contributed by atoms with Crippen LogP contribution >= 0.6 is 12.4 Å². The summed E-state index contributed by atoms with van der Waals surface area (Å²) in [6.07, 6.45) is 15.7. The highest BCUT2D eigenvalue weighted by Crippen LogP contribution is 2.41. The van der Waals surface area contributed by atoms with Crippen molar-refractivity contribution in [3.8, 4) is 0 Å². The molecule has 2 aromatic heterocycles. The zero-order valence-electron chi connectivity index (χ0n) is 21.4. The van der Waals surface area contributed by atoms with Crippen LogP contribution in [0.15, 0.2) is 12.4 Å². The number of aromatic nitrogens is 3. The number of fused-ring (bicyclic) bond motifs is 1. The number of nitrogens with zero attached hydrogens (tertiary/aromatic N) is 4. The average Bonchev–Trinajstić information content (AvgIpc) is 3.25. The van der Waals surface area contributed by atoms with Crippen LogP contribution in [-0.4, -0.2) is 69.9 Å². The fourth-order valence-corrected chi connectivity index (χ4v) is 6.37. The van der Waals surface area contributed by atoms with Gasteiger partial charge in [-0.15, -0.1) is 12.4 Å². The molecule has 0 atom stereocenters. The summed E-state index contributed by atoms with van der Waals surface area (Å²) in [6.45, 7) is 9.09. The summed E-state index contributed by atoms with van der Waals surface area (Å²) in [4.78, 5) is 12.4. The zero-order valence-corrected chi connectivity index (χ0v) is 22.2. The summed E-state index contributed by atoms with van der Waals surface area (Å²) in [6, 6.07) is 0.432. The van der Waals surface area contributed by atoms with Gasteiger partial charge in [-0.05, 0) is 75.2 Å². The quantitative estimate of drug-likeness (QED) is 0.451. The van der Waals surface area contributed by atoms with Crippen molar-refractivity contribution in [3.63, 3.8) is 0 Å². The van der Waals surface area contributed by atoms with Crippen molar-refractivity contribution in [1.82, 2.24) is 24.8 Å². The minimum absolute atomic E-state index is 0. The number of rotatable bonds is 8. The maximum Gasteiger partial charge on any atom is 0.224 e. The Bertz CT molecular complexity index is 914. The van der Waals surface area contributed by atoms with E-state index in [4.69, 9.17) is 9.97 Å². The second-order valence-corrected chi connectivity index (χ2v) is 10.9. The third-order valence-electron chi connectivity index (χ3n) is 8.49. The molecule has 3 N–H and O–H groups in total. The van der Waals surface area contributed by atoms with Gasteiger partial charge in [0.2, 0.25) is 5.95 Å². The molecule has 35 heavy (non-hydrogen) atoms. The fourth-order valence-electron chi connectivity index (χ4n) is 6.37. The van der Waals surface area contributed by atoms with Crippen LogP contribution in [0.25, 0.3) is 11.0 Å². The lowest BCUT2D eigenvalue weighted by Crippen LogP contribution is -2.45. The molecule has 3 heterocycles. The summed E-state index contributed by atoms with van der Waals surface area (Å²) in [5, 5.41) is 18.2. The van der Waals surface area contributed by atoms with Gasteiger partial charge in [0.05, 0.1) is 6.10 Å². The number of aliphatic hydroxyl groups excluding tert-OH is 1. The lowest BCUT2D eigenvalue weighted by molar-refractivity contribution is 0.111. The molecule has 7 nitrogen and oxygen atoms in total. The van der Waals surface area contributed by atoms with Crippen molar-refractivity contribution in [2.75, 3.05) is 44.6 Å². The molecule has 8 heteroatoms. The molecule has 5 rings (SSSR count). The molecule has 0 unspecified atom stereocenters. The van der Waals surface area contributed by atoms with Crippen molar-refractivity contribution in [1.29, 1.82) is 0 Å². The van der Waals surface area contributed by atoms with Gasteiger partial charge in [-0.2, -0.15) is 4.98 Å². The van der Waals surface area contributed by atoms with Crippen LogP contribution in [0.1, 0.15) is 88.7 Å². The van der Waals surface area contributed by atoms with Gasteiger partial charge in [-0.1, -0.05) is 13.3 Å². The first kappa shape index (κ1) is 26.6. The van der Waals surface area contributed by atoms with Gasteiger partial charge in [0.25, 0.3) is 0 Å². The second-order valence-electron chi connectivity index (χ2n) is 10.9. The van der Waals surface area contributed by atoms with Gasteiger partial charge in [0.15, 0.2) is 0 Å². The van der Waals surface area contributed by atoms with Crippen LogP contribution in [0, 0.1) is 5.92 Å². The number of hydrogen-bond donors (Lipinski definition) is 3. The van der Waals surface area contributed by atoms with Gasteiger partial charge in [0, 0.05) is 63.1 Å². The first-order chi connectivity index (χ1) is 16.7. The molecule has 2 aromatic rings. The summed E-state index contributed by atoms with van der Waals surface area (Å²) in [5.41, 5.74) is 2.55. The topological polar surface area (TPSA) is 78.2 Å². The minimum Gasteiger partial charge on any atom is -0.393 e. The number of aliphatic hydroxyl groups is 1. The van der Waals surface area contributed by atoms with Crippen molar-refractivity contribution in [3.05, 3.63) is 18.0 Å². The fraction of sp³-hybridized carbons (Fsp3) is 0.778. The summed E-state index contributed by atoms with van der Waals surface area (Å²) in [5.74, 6) is 2.20. The van der Waals surface area contributed by atoms with E-state index in [9.17, 15) is 5.11 Å². The Balaban J connectivity index is 0.00000289. The largest absolute Gasteiger partial charge is 0.393 e. The van der Waals surface area contributed by atoms with Gasteiger partial charge in [-0.3, -0.25) is 0 Å². The molecule has 1 aliphatic heterocycles. The van der Waals surface area contributed by atoms with Gasteiger partial charge < -0.3 is 25.2 Å². The number of anilines is 1. The van der Waals surface area contributed by atoms with Gasteiger partial charge in [0.1, 0.15) is 5.65 Å². The Labute approximate surface area is 216 Å². The molecule has 0 bridgehead atoms. The van der Waals surface area contributed by atoms with E-state index in [1.54, 1.807) is 0 Å². The van der Waals surface area contributed by atoms with Crippen LogP contribution in [-0.2, 0) is 0 Å². The molecule has 0 aromatic carbocycles. The van der Waals surface area contributed by atoms with E-state index in [0.717, 1.165) is 75.7 Å². The van der Waals surface area contributed by atoms with E-state index in [1.807, 2.05) is 0 Å². The predicted molar refractivity (Wildman–Crippen MR) is 146 cm³/mol. The summed E-state index contributed by atoms with van der Waals surface area (Å²) >= 11 is 0. The Morgan fingerprint density at radius 2 is 1.80 bits per heavy atom. The molecular formula is C27H45ClN6O. The van der Waals surface area contributed by atoms with Crippen LogP contribution in [0.2, 0.25) is 0 Å². The smallest absolute Gasteiger partial charge is 0.224 e. The Morgan fingerprint density at radius 3 is 2.51 bits per heavy atom. The molecule has 2 saturated carbocycles. The van der Waals surface area contributed by atoms with Crippen LogP contribution in [0.4, 0.5) is 5.95 Å². The van der Waals surface area contributed by atoms with E-state index in [0.29, 0.717) is 12.0 Å². The molecule has 196 valence electrons. The SMILES string of the molecule is CCCCNc1ncc2c(C3CCC(CN4CCNCC4)CC3)cn(C3CCC(O)CC3)c2n1.Cl. The molecular weight excluding hydrogens is 460 g/mol. The van der Waals surface area contributed by atoms with E-state index >= 15 is 0 Å². The summed E-state index contributed by atoms with van der Waals surface area (Å²) in [7, 11) is 0. The Hall–Kier alpha value is -1.41. The monoisotopic (exact) mass is 504 g/mol. The van der Waals surface area contributed by atoms with Crippen molar-refractivity contribution < 1.29 is 5.11 Å². The minimum atomic E-state index is -0.135. The normalized spacial score (nSPS) is 28.1. The predicted octanol–water partition coefficient (Wildman–Crippen LogP) is 4.72. The molecule has 0 amide bonds. The third-order valence-corrected chi connectivity index (χ3v) is 8.49. The average molecular weight is 505 g/mol. The number of piperazine rings is 1. The molecule has 0 radical (unpaired) electrons. The van der Waals surface area contributed by atoms with E-state index in [2.05, 4.69) is 39.4 Å². The van der Waals surface area contributed by atoms with Crippen LogP contribution < -0.4 is 10.6 Å². The first-order valence-corrected chi connectivity index (χ1v) is 13.9. The number of unbranched alkanes of at least 4 members (excludes halogenated alkanes) is 1. The molecule has 1 saturated heterocycles. The highest BCUT2D eigenvalue weighted by molar-refractivity contribution is 5.85. The number of nitrogens with one attached hydrogen (secondary N) is 2. The van der Waals surface area contributed by atoms with Gasteiger partial charge in [-0.25, -0.2) is 4.98 Å². The molecule has 2 aliphatic carbocycles. The third kappa shape index (κ3) is 6.48. The van der Waals surface area contributed by atoms with Crippen LogP contribution in [0.3, 0.4) is 0 Å².